The normalized spacial score (nSPS) is 18.7. The number of nitrogens with zero attached hydrogens (tertiary/aromatic N) is 3. The molecule has 1 aliphatic heterocycles. The third kappa shape index (κ3) is 4.66. The van der Waals surface area contributed by atoms with Crippen molar-refractivity contribution in [2.24, 2.45) is 7.05 Å². The maximum Gasteiger partial charge on any atom is 0.108 e. The third-order valence-corrected chi connectivity index (χ3v) is 5.63. The zero-order chi connectivity index (χ0) is 16.1. The highest BCUT2D eigenvalue weighted by atomic mass is 32.1. The number of ether oxygens (including phenoxy) is 1. The van der Waals surface area contributed by atoms with Crippen LogP contribution in [0.4, 0.5) is 0 Å². The van der Waals surface area contributed by atoms with Crippen LogP contribution in [0, 0.1) is 0 Å². The Morgan fingerprint density at radius 2 is 2.30 bits per heavy atom. The Kier molecular flexibility index (Phi) is 5.86. The van der Waals surface area contributed by atoms with Crippen LogP contribution in [0.1, 0.15) is 47.4 Å². The van der Waals surface area contributed by atoms with E-state index in [1.807, 2.05) is 23.7 Å². The summed E-state index contributed by atoms with van der Waals surface area (Å²) in [5, 5.41) is 0. The van der Waals surface area contributed by atoms with E-state index in [1.54, 1.807) is 0 Å². The van der Waals surface area contributed by atoms with E-state index in [0.717, 1.165) is 32.5 Å². The van der Waals surface area contributed by atoms with Crippen molar-refractivity contribution in [3.8, 4) is 0 Å². The van der Waals surface area contributed by atoms with Crippen molar-refractivity contribution < 1.29 is 4.74 Å². The van der Waals surface area contributed by atoms with Gasteiger partial charge in [0.15, 0.2) is 0 Å². The zero-order valence-corrected chi connectivity index (χ0v) is 15.0. The zero-order valence-electron chi connectivity index (χ0n) is 14.2. The predicted molar refractivity (Wildman–Crippen MR) is 94.7 cm³/mol. The lowest BCUT2D eigenvalue weighted by molar-refractivity contribution is 0.0172. The Labute approximate surface area is 143 Å². The van der Waals surface area contributed by atoms with Crippen LogP contribution in [0.2, 0.25) is 0 Å². The molecule has 1 aliphatic rings. The minimum Gasteiger partial charge on any atom is -0.373 e. The summed E-state index contributed by atoms with van der Waals surface area (Å²) in [6.45, 7) is 3.04. The highest BCUT2D eigenvalue weighted by Crippen LogP contribution is 2.32. The van der Waals surface area contributed by atoms with Crippen molar-refractivity contribution in [1.29, 1.82) is 0 Å². The van der Waals surface area contributed by atoms with E-state index in [0.29, 0.717) is 6.10 Å². The number of rotatable bonds is 7. The van der Waals surface area contributed by atoms with E-state index in [2.05, 4.69) is 40.7 Å². The topological polar surface area (TPSA) is 30.3 Å². The van der Waals surface area contributed by atoms with Gasteiger partial charge in [0.25, 0.3) is 0 Å². The molecule has 23 heavy (non-hydrogen) atoms. The van der Waals surface area contributed by atoms with Crippen molar-refractivity contribution in [3.63, 3.8) is 0 Å². The van der Waals surface area contributed by atoms with Crippen LogP contribution in [0.3, 0.4) is 0 Å². The molecule has 0 saturated carbocycles. The molecule has 3 heterocycles. The first-order valence-corrected chi connectivity index (χ1v) is 9.39. The highest BCUT2D eigenvalue weighted by molar-refractivity contribution is 7.12. The summed E-state index contributed by atoms with van der Waals surface area (Å²) >= 11 is 1.92. The molecule has 0 aromatic carbocycles. The van der Waals surface area contributed by atoms with Crippen LogP contribution in [0.15, 0.2) is 24.5 Å². The third-order valence-electron chi connectivity index (χ3n) is 4.47. The molecule has 1 fully saturated rings. The summed E-state index contributed by atoms with van der Waals surface area (Å²) < 4.78 is 7.99. The first kappa shape index (κ1) is 16.7. The molecule has 0 radical (unpaired) electrons. The van der Waals surface area contributed by atoms with Crippen LogP contribution in [-0.2, 0) is 24.8 Å². The molecule has 0 unspecified atom stereocenters. The van der Waals surface area contributed by atoms with Gasteiger partial charge >= 0.3 is 0 Å². The first-order valence-electron chi connectivity index (χ1n) is 8.57. The van der Waals surface area contributed by atoms with Gasteiger partial charge in [-0.15, -0.1) is 11.3 Å². The lowest BCUT2D eigenvalue weighted by Crippen LogP contribution is -2.19. The number of imidazole rings is 1. The fourth-order valence-corrected chi connectivity index (χ4v) is 4.28. The molecular weight excluding hydrogens is 306 g/mol. The van der Waals surface area contributed by atoms with Gasteiger partial charge in [-0.05, 0) is 51.4 Å². The molecule has 0 N–H and O–H groups in total. The summed E-state index contributed by atoms with van der Waals surface area (Å²) in [4.78, 5) is 9.63. The lowest BCUT2D eigenvalue weighted by atomic mass is 10.1. The molecule has 0 bridgehead atoms. The van der Waals surface area contributed by atoms with Crippen LogP contribution < -0.4 is 0 Å². The summed E-state index contributed by atoms with van der Waals surface area (Å²) in [6, 6.07) is 4.53. The Morgan fingerprint density at radius 1 is 1.39 bits per heavy atom. The van der Waals surface area contributed by atoms with Crippen molar-refractivity contribution in [3.05, 3.63) is 40.1 Å². The molecule has 0 amide bonds. The molecular formula is C18H27N3OS. The second kappa shape index (κ2) is 8.08. The standard InChI is InChI=1S/C18H27N3OS/c1-20(11-5-7-18-19-10-12-21(18)2)14-15-8-9-17(23-15)16-6-3-4-13-22-16/h8-10,12,16H,3-7,11,13-14H2,1-2H3/t16-/m0/s1. The van der Waals surface area contributed by atoms with Gasteiger partial charge < -0.3 is 14.2 Å². The van der Waals surface area contributed by atoms with Crippen molar-refractivity contribution in [2.75, 3.05) is 20.2 Å². The molecule has 0 aliphatic carbocycles. The highest BCUT2D eigenvalue weighted by Gasteiger charge is 2.18. The van der Waals surface area contributed by atoms with Gasteiger partial charge in [0.05, 0.1) is 6.10 Å². The molecule has 3 rings (SSSR count). The average Bonchev–Trinajstić information content (AvgIpc) is 3.18. The fraction of sp³-hybridized carbons (Fsp3) is 0.611. The van der Waals surface area contributed by atoms with Crippen LogP contribution in [-0.4, -0.2) is 34.7 Å². The summed E-state index contributed by atoms with van der Waals surface area (Å²) in [5.74, 6) is 1.17. The first-order chi connectivity index (χ1) is 11.2. The SMILES string of the molecule is CN(CCCc1nccn1C)Cc1ccc([C@@H]2CCCCO2)s1. The molecule has 2 aromatic heterocycles. The quantitative estimate of drug-likeness (QED) is 0.772. The molecule has 126 valence electrons. The van der Waals surface area contributed by atoms with E-state index >= 15 is 0 Å². The summed E-state index contributed by atoms with van der Waals surface area (Å²) in [5.41, 5.74) is 0. The molecule has 0 spiro atoms. The number of thiophene rings is 1. The van der Waals surface area contributed by atoms with Crippen LogP contribution in [0.25, 0.3) is 0 Å². The lowest BCUT2D eigenvalue weighted by Gasteiger charge is -2.21. The van der Waals surface area contributed by atoms with Crippen molar-refractivity contribution in [1.82, 2.24) is 14.5 Å². The van der Waals surface area contributed by atoms with E-state index < -0.39 is 0 Å². The monoisotopic (exact) mass is 333 g/mol. The number of aryl methyl sites for hydroxylation is 2. The number of hydrogen-bond donors (Lipinski definition) is 0. The Bertz CT molecular complexity index is 601. The Morgan fingerprint density at radius 3 is 3.04 bits per heavy atom. The molecule has 5 heteroatoms. The van der Waals surface area contributed by atoms with Gasteiger partial charge in [-0.1, -0.05) is 0 Å². The molecule has 4 nitrogen and oxygen atoms in total. The molecule has 1 atom stereocenters. The number of aromatic nitrogens is 2. The average molecular weight is 334 g/mol. The smallest absolute Gasteiger partial charge is 0.108 e. The number of hydrogen-bond acceptors (Lipinski definition) is 4. The minimum atomic E-state index is 0.344. The van der Waals surface area contributed by atoms with Gasteiger partial charge in [-0.2, -0.15) is 0 Å². The van der Waals surface area contributed by atoms with E-state index in [9.17, 15) is 0 Å². The van der Waals surface area contributed by atoms with Gasteiger partial charge in [0, 0.05) is 48.8 Å². The van der Waals surface area contributed by atoms with Gasteiger partial charge in [0.2, 0.25) is 0 Å². The largest absolute Gasteiger partial charge is 0.373 e. The van der Waals surface area contributed by atoms with Crippen molar-refractivity contribution >= 4 is 11.3 Å². The predicted octanol–water partition coefficient (Wildman–Crippen LogP) is 3.79. The summed E-state index contributed by atoms with van der Waals surface area (Å²) in [7, 11) is 4.27. The van der Waals surface area contributed by atoms with E-state index in [1.165, 1.54) is 34.8 Å². The van der Waals surface area contributed by atoms with Crippen LogP contribution >= 0.6 is 11.3 Å². The maximum absolute atomic E-state index is 5.89. The van der Waals surface area contributed by atoms with Gasteiger partial charge in [0.1, 0.15) is 5.82 Å². The molecule has 2 aromatic rings. The fourth-order valence-electron chi connectivity index (χ4n) is 3.11. The van der Waals surface area contributed by atoms with Gasteiger partial charge in [-0.25, -0.2) is 4.98 Å². The second-order valence-electron chi connectivity index (χ2n) is 6.46. The molecule has 1 saturated heterocycles. The van der Waals surface area contributed by atoms with Crippen molar-refractivity contribution in [2.45, 2.75) is 44.8 Å². The summed E-state index contributed by atoms with van der Waals surface area (Å²) in [6.07, 6.45) is 10.1. The second-order valence-corrected chi connectivity index (χ2v) is 7.65. The maximum atomic E-state index is 5.89. The Hall–Kier alpha value is -1.17. The van der Waals surface area contributed by atoms with E-state index in [-0.39, 0.29) is 0 Å². The van der Waals surface area contributed by atoms with Gasteiger partial charge in [-0.3, -0.25) is 0 Å². The van der Waals surface area contributed by atoms with Crippen LogP contribution in [0.5, 0.6) is 0 Å². The Balaban J connectivity index is 1.43. The minimum absolute atomic E-state index is 0.344. The van der Waals surface area contributed by atoms with E-state index in [4.69, 9.17) is 4.74 Å².